The van der Waals surface area contributed by atoms with E-state index in [1.807, 2.05) is 30.3 Å². The van der Waals surface area contributed by atoms with Crippen LogP contribution in [0.4, 0.5) is 14.5 Å². The number of nitrogens with one attached hydrogen (secondary N) is 1. The average Bonchev–Trinajstić information content (AvgIpc) is 3.03. The van der Waals surface area contributed by atoms with Gasteiger partial charge in [-0.1, -0.05) is 71.2 Å². The molecule has 7 nitrogen and oxygen atoms in total. The zero-order chi connectivity index (χ0) is 32.0. The van der Waals surface area contributed by atoms with Crippen LogP contribution in [0.3, 0.4) is 0 Å². The van der Waals surface area contributed by atoms with E-state index < -0.39 is 27.2 Å². The summed E-state index contributed by atoms with van der Waals surface area (Å²) in [6.07, 6.45) is 1.16. The maximum absolute atomic E-state index is 14.2. The number of benzene rings is 3. The minimum absolute atomic E-state index is 0.0375. The van der Waals surface area contributed by atoms with Gasteiger partial charge < -0.3 is 19.7 Å². The molecule has 45 heavy (non-hydrogen) atoms. The third-order valence-corrected chi connectivity index (χ3v) is 8.30. The first-order valence-corrected chi connectivity index (χ1v) is 15.7. The third kappa shape index (κ3) is 8.74. The van der Waals surface area contributed by atoms with Crippen LogP contribution in [0.25, 0.3) is 0 Å². The minimum Gasteiger partial charge on any atom is -0.492 e. The van der Waals surface area contributed by atoms with Crippen LogP contribution in [0.2, 0.25) is 0 Å². The van der Waals surface area contributed by atoms with E-state index in [9.17, 15) is 18.4 Å². The van der Waals surface area contributed by atoms with Crippen molar-refractivity contribution in [3.8, 4) is 5.75 Å². The molecule has 3 aromatic rings. The predicted octanol–water partition coefficient (Wildman–Crippen LogP) is 6.33. The summed E-state index contributed by atoms with van der Waals surface area (Å²) >= 11 is 17.6. The molecule has 1 fully saturated rings. The lowest BCUT2D eigenvalue weighted by Gasteiger charge is -2.37. The van der Waals surface area contributed by atoms with Crippen LogP contribution in [0.5, 0.6) is 5.75 Å². The van der Waals surface area contributed by atoms with Gasteiger partial charge >= 0.3 is 0 Å². The smallest absolute Gasteiger partial charge is 0.276 e. The van der Waals surface area contributed by atoms with Crippen molar-refractivity contribution in [1.29, 1.82) is 0 Å². The number of hydrogen-bond donors (Lipinski definition) is 1. The number of morpholine rings is 1. The molecule has 0 aromatic heterocycles. The second-order valence-electron chi connectivity index (χ2n) is 10.9. The molecule has 12 heteroatoms. The monoisotopic (exact) mass is 677 g/mol. The number of hydrogen-bond acceptors (Lipinski definition) is 5. The fourth-order valence-electron chi connectivity index (χ4n) is 5.39. The number of carbonyl (C=O) groups is 2. The third-order valence-electron chi connectivity index (χ3n) is 7.78. The molecule has 2 aliphatic rings. The summed E-state index contributed by atoms with van der Waals surface area (Å²) in [5.41, 5.74) is 2.77. The Morgan fingerprint density at radius 3 is 2.44 bits per heavy atom. The van der Waals surface area contributed by atoms with Crippen LogP contribution in [0, 0.1) is 17.6 Å². The first-order chi connectivity index (χ1) is 21.6. The summed E-state index contributed by atoms with van der Waals surface area (Å²) in [4.78, 5) is 30.3. The molecular formula is C33H32Cl3F2N3O4. The lowest BCUT2D eigenvalue weighted by Crippen LogP contribution is -2.44. The molecule has 1 unspecified atom stereocenters. The van der Waals surface area contributed by atoms with Crippen LogP contribution in [0.15, 0.2) is 84.1 Å². The predicted molar refractivity (Wildman–Crippen MR) is 171 cm³/mol. The Hall–Kier alpha value is -3.21. The van der Waals surface area contributed by atoms with E-state index in [1.54, 1.807) is 24.3 Å². The first kappa shape index (κ1) is 33.2. The molecule has 2 amide bonds. The topological polar surface area (TPSA) is 71.1 Å². The van der Waals surface area contributed by atoms with Gasteiger partial charge in [-0.05, 0) is 54.3 Å². The molecular weight excluding hydrogens is 647 g/mol. The Morgan fingerprint density at radius 2 is 1.73 bits per heavy atom. The highest BCUT2D eigenvalue weighted by atomic mass is 35.6. The van der Waals surface area contributed by atoms with Gasteiger partial charge in [0.15, 0.2) is 11.6 Å². The van der Waals surface area contributed by atoms with Gasteiger partial charge in [-0.25, -0.2) is 8.78 Å². The second kappa shape index (κ2) is 14.9. The van der Waals surface area contributed by atoms with Crippen molar-refractivity contribution in [2.75, 3.05) is 50.9 Å². The van der Waals surface area contributed by atoms with Crippen molar-refractivity contribution < 1.29 is 27.8 Å². The van der Waals surface area contributed by atoms with Crippen molar-refractivity contribution in [2.24, 2.45) is 5.92 Å². The summed E-state index contributed by atoms with van der Waals surface area (Å²) in [6.45, 7) is 4.21. The number of rotatable bonds is 11. The van der Waals surface area contributed by atoms with E-state index >= 15 is 0 Å². The molecule has 1 saturated heterocycles. The summed E-state index contributed by atoms with van der Waals surface area (Å²) in [5.74, 6) is -3.14. The van der Waals surface area contributed by atoms with Crippen LogP contribution in [-0.2, 0) is 16.0 Å². The van der Waals surface area contributed by atoms with E-state index in [4.69, 9.17) is 44.3 Å². The average molecular weight is 679 g/mol. The number of halogens is 5. The van der Waals surface area contributed by atoms with Crippen molar-refractivity contribution in [2.45, 2.75) is 16.6 Å². The molecule has 1 aliphatic heterocycles. The number of alkyl halides is 3. The lowest BCUT2D eigenvalue weighted by atomic mass is 9.77. The molecule has 0 radical (unpaired) electrons. The molecule has 1 heterocycles. The van der Waals surface area contributed by atoms with Crippen molar-refractivity contribution in [3.05, 3.63) is 107 Å². The van der Waals surface area contributed by atoms with Gasteiger partial charge in [0, 0.05) is 55.1 Å². The molecule has 3 aromatic carbocycles. The van der Waals surface area contributed by atoms with E-state index in [2.05, 4.69) is 10.2 Å². The first-order valence-electron chi connectivity index (χ1n) is 14.5. The number of anilines is 1. The zero-order valence-electron chi connectivity index (χ0n) is 24.3. The van der Waals surface area contributed by atoms with Gasteiger partial charge in [-0.2, -0.15) is 0 Å². The number of nitrogens with zero attached hydrogens (tertiary/aromatic N) is 2. The normalized spacial score (nSPS) is 17.0. The Balaban J connectivity index is 1.43. The van der Waals surface area contributed by atoms with E-state index in [0.717, 1.165) is 36.4 Å². The number of ether oxygens (including phenoxy) is 2. The highest BCUT2D eigenvalue weighted by Crippen LogP contribution is 2.39. The largest absolute Gasteiger partial charge is 0.492 e. The Morgan fingerprint density at radius 1 is 0.978 bits per heavy atom. The highest BCUT2D eigenvalue weighted by Gasteiger charge is 2.38. The number of amides is 2. The summed E-state index contributed by atoms with van der Waals surface area (Å²) in [7, 11) is 0. The van der Waals surface area contributed by atoms with Crippen molar-refractivity contribution in [1.82, 2.24) is 10.2 Å². The molecule has 238 valence electrons. The summed E-state index contributed by atoms with van der Waals surface area (Å²) < 4.78 is 37.2. The molecule has 1 N–H and O–H groups in total. The standard InChI is InChI=1S/C33H32Cl3F2N3O4/c34-33(35,36)32(43)39-30-24(17-22-5-2-1-3-6-22)18-25(30)21-41(31(42)23-9-10-28(37)29(38)19-23)26-7-4-8-27(20-26)45-16-13-40-11-14-44-15-12-40/h1-10,19-20,24H,11-18,21H2,(H,39,43). The van der Waals surface area contributed by atoms with Gasteiger partial charge in [0.05, 0.1) is 13.2 Å². The van der Waals surface area contributed by atoms with Gasteiger partial charge in [0.25, 0.3) is 15.6 Å². The molecule has 1 atom stereocenters. The van der Waals surface area contributed by atoms with E-state index in [1.165, 1.54) is 11.0 Å². The molecule has 1 aliphatic carbocycles. The Kier molecular flexibility index (Phi) is 11.0. The highest BCUT2D eigenvalue weighted by molar-refractivity contribution is 6.76. The summed E-state index contributed by atoms with van der Waals surface area (Å²) in [6, 6.07) is 19.7. The SMILES string of the molecule is O=C(c1ccc(F)c(F)c1)N(CC1=C(NC(=O)C(Cl)(Cl)Cl)C(Cc2ccccc2)C1)c1cccc(OCCN2CCOCC2)c1. The van der Waals surface area contributed by atoms with Crippen LogP contribution >= 0.6 is 34.8 Å². The number of allylic oxidation sites excluding steroid dienone is 1. The zero-order valence-corrected chi connectivity index (χ0v) is 26.6. The maximum atomic E-state index is 14.2. The van der Waals surface area contributed by atoms with Crippen molar-refractivity contribution >= 4 is 52.3 Å². The Labute approximate surface area is 275 Å². The fourth-order valence-corrected chi connectivity index (χ4v) is 5.53. The van der Waals surface area contributed by atoms with Gasteiger partial charge in [-0.3, -0.25) is 14.5 Å². The number of carbonyl (C=O) groups excluding carboxylic acids is 2. The second-order valence-corrected chi connectivity index (χ2v) is 13.2. The molecule has 5 rings (SSSR count). The van der Waals surface area contributed by atoms with Crippen LogP contribution < -0.4 is 15.0 Å². The van der Waals surface area contributed by atoms with E-state index in [-0.39, 0.29) is 18.0 Å². The van der Waals surface area contributed by atoms with E-state index in [0.29, 0.717) is 56.3 Å². The van der Waals surface area contributed by atoms with Crippen LogP contribution in [-0.4, -0.2) is 66.5 Å². The Bertz CT molecular complexity index is 1550. The quantitative estimate of drug-likeness (QED) is 0.240. The van der Waals surface area contributed by atoms with Crippen molar-refractivity contribution in [3.63, 3.8) is 0 Å². The van der Waals surface area contributed by atoms with Crippen LogP contribution in [0.1, 0.15) is 22.3 Å². The van der Waals surface area contributed by atoms with Gasteiger partial charge in [0.1, 0.15) is 12.4 Å². The lowest BCUT2D eigenvalue weighted by molar-refractivity contribution is -0.119. The maximum Gasteiger partial charge on any atom is 0.276 e. The minimum atomic E-state index is -2.20. The molecule has 0 spiro atoms. The van der Waals surface area contributed by atoms with Gasteiger partial charge in [0.2, 0.25) is 0 Å². The van der Waals surface area contributed by atoms with Gasteiger partial charge in [-0.15, -0.1) is 0 Å². The molecule has 0 bridgehead atoms. The molecule has 0 saturated carbocycles. The summed E-state index contributed by atoms with van der Waals surface area (Å²) in [5, 5.41) is 2.76. The fraction of sp³-hybridized carbons (Fsp3) is 0.333.